The molecule has 0 spiro atoms. The highest BCUT2D eigenvalue weighted by atomic mass is 19.4. The highest BCUT2D eigenvalue weighted by molar-refractivity contribution is 5.80. The van der Waals surface area contributed by atoms with Crippen molar-refractivity contribution in [2.45, 2.75) is 51.8 Å². The van der Waals surface area contributed by atoms with Crippen molar-refractivity contribution in [1.82, 2.24) is 14.5 Å². The minimum atomic E-state index is -4.45. The Morgan fingerprint density at radius 1 is 1.12 bits per heavy atom. The van der Waals surface area contributed by atoms with Gasteiger partial charge in [0.2, 0.25) is 0 Å². The molecule has 0 radical (unpaired) electrons. The van der Waals surface area contributed by atoms with Gasteiger partial charge >= 0.3 is 6.18 Å². The molecule has 34 heavy (non-hydrogen) atoms. The summed E-state index contributed by atoms with van der Waals surface area (Å²) in [6.07, 6.45) is -3.27. The Morgan fingerprint density at radius 3 is 2.44 bits per heavy atom. The summed E-state index contributed by atoms with van der Waals surface area (Å²) in [5.41, 5.74) is 1.02. The van der Waals surface area contributed by atoms with Gasteiger partial charge < -0.3 is 9.47 Å². The number of aromatic nitrogens is 3. The second-order valence-corrected chi connectivity index (χ2v) is 8.77. The van der Waals surface area contributed by atoms with Crippen LogP contribution >= 0.6 is 0 Å². The smallest absolute Gasteiger partial charge is 0.356 e. The van der Waals surface area contributed by atoms with Gasteiger partial charge in [-0.2, -0.15) is 13.2 Å². The summed E-state index contributed by atoms with van der Waals surface area (Å²) < 4.78 is 69.2. The first-order valence-electron chi connectivity index (χ1n) is 11.0. The van der Waals surface area contributed by atoms with E-state index >= 15 is 0 Å². The van der Waals surface area contributed by atoms with Crippen molar-refractivity contribution < 1.29 is 22.0 Å². The number of rotatable bonds is 3. The third kappa shape index (κ3) is 4.63. The van der Waals surface area contributed by atoms with E-state index < -0.39 is 23.7 Å². The fraction of sp³-hybridized carbons (Fsp3) is 0.458. The molecule has 0 N–H and O–H groups in total. The largest absolute Gasteiger partial charge is 0.416 e. The van der Waals surface area contributed by atoms with E-state index in [1.54, 1.807) is 37.1 Å². The Balaban J connectivity index is 1.81. The average Bonchev–Trinajstić information content (AvgIpc) is 2.76. The molecule has 0 bridgehead atoms. The van der Waals surface area contributed by atoms with Crippen LogP contribution in [-0.2, 0) is 13.2 Å². The molecule has 182 valence electrons. The number of piperidine rings is 1. The molecule has 1 fully saturated rings. The molecule has 0 aliphatic carbocycles. The SMILES string of the molecule is Cc1c(C(C)N=c2nc(C)n(C)c3cnc(N4CCC(F)(F)CC4)cc23)cccc1C(F)(F)F. The predicted molar refractivity (Wildman–Crippen MR) is 120 cm³/mol. The van der Waals surface area contributed by atoms with Crippen LogP contribution in [0.5, 0.6) is 0 Å². The fourth-order valence-electron chi connectivity index (χ4n) is 4.35. The lowest BCUT2D eigenvalue weighted by atomic mass is 9.97. The van der Waals surface area contributed by atoms with E-state index in [0.29, 0.717) is 28.1 Å². The first-order valence-corrected chi connectivity index (χ1v) is 11.0. The van der Waals surface area contributed by atoms with E-state index in [1.807, 2.05) is 11.6 Å². The van der Waals surface area contributed by atoms with Crippen LogP contribution < -0.4 is 10.4 Å². The molecule has 1 saturated heterocycles. The molecular formula is C24H26F5N5. The van der Waals surface area contributed by atoms with Crippen molar-refractivity contribution in [3.05, 3.63) is 58.5 Å². The molecule has 1 aliphatic rings. The Labute approximate surface area is 194 Å². The summed E-state index contributed by atoms with van der Waals surface area (Å²) in [5.74, 6) is -1.46. The normalized spacial score (nSPS) is 17.9. The van der Waals surface area contributed by atoms with Gasteiger partial charge in [-0.1, -0.05) is 12.1 Å². The molecule has 2 aromatic heterocycles. The second-order valence-electron chi connectivity index (χ2n) is 8.77. The molecule has 1 atom stereocenters. The van der Waals surface area contributed by atoms with Crippen LogP contribution in [0.4, 0.5) is 27.8 Å². The molecule has 1 aromatic carbocycles. The maximum atomic E-state index is 13.6. The lowest BCUT2D eigenvalue weighted by Gasteiger charge is -2.32. The number of nitrogens with zero attached hydrogens (tertiary/aromatic N) is 5. The van der Waals surface area contributed by atoms with Crippen molar-refractivity contribution >= 4 is 16.7 Å². The van der Waals surface area contributed by atoms with E-state index in [-0.39, 0.29) is 31.5 Å². The summed E-state index contributed by atoms with van der Waals surface area (Å²) in [6.45, 7) is 5.35. The summed E-state index contributed by atoms with van der Waals surface area (Å²) >= 11 is 0. The minimum Gasteiger partial charge on any atom is -0.356 e. The Hall–Kier alpha value is -3.04. The van der Waals surface area contributed by atoms with Crippen molar-refractivity contribution in [2.75, 3.05) is 18.0 Å². The molecular weight excluding hydrogens is 453 g/mol. The predicted octanol–water partition coefficient (Wildman–Crippen LogP) is 5.50. The molecule has 1 unspecified atom stereocenters. The lowest BCUT2D eigenvalue weighted by molar-refractivity contribution is -0.138. The lowest BCUT2D eigenvalue weighted by Crippen LogP contribution is -2.39. The molecule has 0 saturated carbocycles. The zero-order valence-electron chi connectivity index (χ0n) is 19.4. The Kier molecular flexibility index (Phi) is 6.12. The maximum absolute atomic E-state index is 13.6. The van der Waals surface area contributed by atoms with E-state index in [4.69, 9.17) is 4.99 Å². The van der Waals surface area contributed by atoms with Gasteiger partial charge in [0.15, 0.2) is 5.49 Å². The summed E-state index contributed by atoms with van der Waals surface area (Å²) in [7, 11) is 1.83. The van der Waals surface area contributed by atoms with Gasteiger partial charge in [0.25, 0.3) is 5.92 Å². The van der Waals surface area contributed by atoms with Crippen LogP contribution in [0.1, 0.15) is 48.3 Å². The monoisotopic (exact) mass is 479 g/mol. The van der Waals surface area contributed by atoms with Crippen LogP contribution in [0.15, 0.2) is 35.5 Å². The summed E-state index contributed by atoms with van der Waals surface area (Å²) in [4.78, 5) is 15.6. The molecule has 3 aromatic rings. The van der Waals surface area contributed by atoms with Gasteiger partial charge in [0, 0.05) is 38.4 Å². The quantitative estimate of drug-likeness (QED) is 0.466. The van der Waals surface area contributed by atoms with Crippen LogP contribution in [0.2, 0.25) is 0 Å². The number of pyridine rings is 1. The molecule has 10 heteroatoms. The van der Waals surface area contributed by atoms with Crippen molar-refractivity contribution in [3.8, 4) is 0 Å². The topological polar surface area (TPSA) is 46.3 Å². The third-order valence-electron chi connectivity index (χ3n) is 6.49. The Morgan fingerprint density at radius 2 is 1.79 bits per heavy atom. The van der Waals surface area contributed by atoms with Crippen molar-refractivity contribution in [1.29, 1.82) is 0 Å². The van der Waals surface area contributed by atoms with Crippen LogP contribution in [0, 0.1) is 13.8 Å². The molecule has 0 amide bonds. The number of halogens is 5. The van der Waals surface area contributed by atoms with Crippen LogP contribution in [0.3, 0.4) is 0 Å². The zero-order chi connectivity index (χ0) is 24.8. The van der Waals surface area contributed by atoms with Crippen LogP contribution in [-0.4, -0.2) is 33.5 Å². The van der Waals surface area contributed by atoms with E-state index in [0.717, 1.165) is 11.6 Å². The molecule has 4 rings (SSSR count). The number of aryl methyl sites for hydroxylation is 2. The first kappa shape index (κ1) is 24.1. The zero-order valence-corrected chi connectivity index (χ0v) is 19.4. The van der Waals surface area contributed by atoms with Gasteiger partial charge in [0.05, 0.1) is 23.3 Å². The van der Waals surface area contributed by atoms with Gasteiger partial charge in [0.1, 0.15) is 11.6 Å². The van der Waals surface area contributed by atoms with Gasteiger partial charge in [-0.15, -0.1) is 0 Å². The van der Waals surface area contributed by atoms with E-state index in [2.05, 4.69) is 9.97 Å². The third-order valence-corrected chi connectivity index (χ3v) is 6.49. The highest BCUT2D eigenvalue weighted by Gasteiger charge is 2.35. The minimum absolute atomic E-state index is 0.130. The fourth-order valence-corrected chi connectivity index (χ4v) is 4.35. The summed E-state index contributed by atoms with van der Waals surface area (Å²) in [5, 5.41) is 0.659. The molecule has 3 heterocycles. The number of alkyl halides is 5. The van der Waals surface area contributed by atoms with Crippen molar-refractivity contribution in [3.63, 3.8) is 0 Å². The van der Waals surface area contributed by atoms with E-state index in [1.165, 1.54) is 13.0 Å². The van der Waals surface area contributed by atoms with E-state index in [9.17, 15) is 22.0 Å². The molecule has 1 aliphatic heterocycles. The average molecular weight is 479 g/mol. The number of hydrogen-bond donors (Lipinski definition) is 0. The number of hydrogen-bond acceptors (Lipinski definition) is 4. The van der Waals surface area contributed by atoms with Gasteiger partial charge in [-0.25, -0.2) is 18.7 Å². The second kappa shape index (κ2) is 8.63. The molecule has 5 nitrogen and oxygen atoms in total. The first-order chi connectivity index (χ1) is 15.9. The standard InChI is InChI=1S/C24H26F5N5/c1-14-17(6-5-7-19(14)24(27,28)29)15(2)31-22-18-12-21(34-10-8-23(25,26)9-11-34)30-13-20(18)33(4)16(3)32-22/h5-7,12-13,15H,8-11H2,1-4H3. The number of benzene rings is 1. The number of anilines is 1. The van der Waals surface area contributed by atoms with Gasteiger partial charge in [-0.3, -0.25) is 4.99 Å². The van der Waals surface area contributed by atoms with Crippen molar-refractivity contribution in [2.24, 2.45) is 12.0 Å². The Bertz CT molecular complexity index is 1290. The maximum Gasteiger partial charge on any atom is 0.416 e. The highest BCUT2D eigenvalue weighted by Crippen LogP contribution is 2.35. The van der Waals surface area contributed by atoms with Crippen LogP contribution in [0.25, 0.3) is 10.9 Å². The number of fused-ring (bicyclic) bond motifs is 1. The summed E-state index contributed by atoms with van der Waals surface area (Å²) in [6, 6.07) is 5.27. The van der Waals surface area contributed by atoms with Gasteiger partial charge in [-0.05, 0) is 44.0 Å².